The van der Waals surface area contributed by atoms with Gasteiger partial charge in [0, 0.05) is 5.02 Å². The maximum Gasteiger partial charge on any atom is 0.0998 e. The second kappa shape index (κ2) is 5.89. The zero-order valence-electron chi connectivity index (χ0n) is 11.2. The SMILES string of the molecule is CC(C)c1cc(CC#N)c(Cl)c(C(C)C)c1C#N. The summed E-state index contributed by atoms with van der Waals surface area (Å²) < 4.78 is 0. The maximum absolute atomic E-state index is 9.37. The highest BCUT2D eigenvalue weighted by atomic mass is 35.5. The molecule has 0 atom stereocenters. The molecule has 0 aliphatic carbocycles. The molecule has 0 radical (unpaired) electrons. The standard InChI is InChI=1S/C15H17ClN2/c1-9(2)12-7-11(5-6-17)15(16)14(10(3)4)13(12)8-18/h7,9-10H,5H2,1-4H3. The molecule has 0 spiro atoms. The Labute approximate surface area is 114 Å². The van der Waals surface area contributed by atoms with Crippen LogP contribution < -0.4 is 0 Å². The van der Waals surface area contributed by atoms with Crippen LogP contribution in [-0.4, -0.2) is 0 Å². The van der Waals surface area contributed by atoms with Crippen molar-refractivity contribution < 1.29 is 0 Å². The van der Waals surface area contributed by atoms with Crippen molar-refractivity contribution in [3.05, 3.63) is 33.3 Å². The molecule has 1 rings (SSSR count). The highest BCUT2D eigenvalue weighted by Gasteiger charge is 2.20. The fraction of sp³-hybridized carbons (Fsp3) is 0.467. The van der Waals surface area contributed by atoms with Crippen molar-refractivity contribution in [2.45, 2.75) is 46.0 Å². The molecule has 3 heteroatoms. The van der Waals surface area contributed by atoms with E-state index in [2.05, 4.69) is 12.1 Å². The first-order valence-corrected chi connectivity index (χ1v) is 6.44. The molecule has 0 N–H and O–H groups in total. The Balaban J connectivity index is 3.66. The number of nitriles is 2. The van der Waals surface area contributed by atoms with Crippen LogP contribution in [0.5, 0.6) is 0 Å². The summed E-state index contributed by atoms with van der Waals surface area (Å²) in [5.41, 5.74) is 3.35. The molecule has 0 aliphatic heterocycles. The zero-order valence-corrected chi connectivity index (χ0v) is 12.0. The average molecular weight is 261 g/mol. The van der Waals surface area contributed by atoms with Crippen molar-refractivity contribution in [2.24, 2.45) is 0 Å². The van der Waals surface area contributed by atoms with E-state index in [1.54, 1.807) is 0 Å². The highest BCUT2D eigenvalue weighted by molar-refractivity contribution is 6.32. The summed E-state index contributed by atoms with van der Waals surface area (Å²) in [4.78, 5) is 0. The third-order valence-corrected chi connectivity index (χ3v) is 3.43. The molecule has 94 valence electrons. The first-order valence-electron chi connectivity index (χ1n) is 6.06. The van der Waals surface area contributed by atoms with E-state index < -0.39 is 0 Å². The third-order valence-electron chi connectivity index (χ3n) is 2.99. The van der Waals surface area contributed by atoms with Crippen LogP contribution in [0.1, 0.15) is 61.8 Å². The van der Waals surface area contributed by atoms with Crippen molar-refractivity contribution in [3.8, 4) is 12.1 Å². The van der Waals surface area contributed by atoms with E-state index in [9.17, 15) is 5.26 Å². The van der Waals surface area contributed by atoms with E-state index in [-0.39, 0.29) is 18.3 Å². The van der Waals surface area contributed by atoms with Crippen molar-refractivity contribution in [1.82, 2.24) is 0 Å². The van der Waals surface area contributed by atoms with Crippen LogP contribution in [0.4, 0.5) is 0 Å². The average Bonchev–Trinajstić information content (AvgIpc) is 2.30. The number of rotatable bonds is 3. The first kappa shape index (κ1) is 14.6. The summed E-state index contributed by atoms with van der Waals surface area (Å²) in [6, 6.07) is 6.30. The lowest BCUT2D eigenvalue weighted by molar-refractivity contribution is 0.822. The molecule has 1 aromatic rings. The van der Waals surface area contributed by atoms with Crippen molar-refractivity contribution in [1.29, 1.82) is 10.5 Å². The predicted octanol–water partition coefficient (Wildman–Crippen LogP) is 4.52. The van der Waals surface area contributed by atoms with Crippen LogP contribution in [-0.2, 0) is 6.42 Å². The van der Waals surface area contributed by atoms with Crippen LogP contribution in [0.25, 0.3) is 0 Å². The molecular formula is C15H17ClN2. The van der Waals surface area contributed by atoms with Gasteiger partial charge in [0.05, 0.1) is 24.1 Å². The molecule has 0 unspecified atom stereocenters. The van der Waals surface area contributed by atoms with Gasteiger partial charge >= 0.3 is 0 Å². The molecule has 0 aliphatic rings. The zero-order chi connectivity index (χ0) is 13.9. The van der Waals surface area contributed by atoms with E-state index >= 15 is 0 Å². The van der Waals surface area contributed by atoms with E-state index in [4.69, 9.17) is 16.9 Å². The number of halogens is 1. The molecule has 2 nitrogen and oxygen atoms in total. The Morgan fingerprint density at radius 1 is 1.17 bits per heavy atom. The summed E-state index contributed by atoms with van der Waals surface area (Å²) in [7, 11) is 0. The lowest BCUT2D eigenvalue weighted by atomic mass is 9.86. The van der Waals surface area contributed by atoms with E-state index in [1.807, 2.05) is 33.8 Å². The Morgan fingerprint density at radius 2 is 1.78 bits per heavy atom. The summed E-state index contributed by atoms with van der Waals surface area (Å²) in [5, 5.41) is 18.8. The fourth-order valence-corrected chi connectivity index (χ4v) is 2.53. The van der Waals surface area contributed by atoms with E-state index in [0.717, 1.165) is 16.7 Å². The van der Waals surface area contributed by atoms with Crippen molar-refractivity contribution in [2.75, 3.05) is 0 Å². The molecule has 0 aromatic heterocycles. The molecular weight excluding hydrogens is 244 g/mol. The van der Waals surface area contributed by atoms with E-state index in [1.165, 1.54) is 0 Å². The van der Waals surface area contributed by atoms with Gasteiger partial charge < -0.3 is 0 Å². The monoisotopic (exact) mass is 260 g/mol. The van der Waals surface area contributed by atoms with Gasteiger partial charge in [-0.05, 0) is 28.5 Å². The van der Waals surface area contributed by atoms with Crippen molar-refractivity contribution >= 4 is 11.6 Å². The molecule has 0 saturated carbocycles. The van der Waals surface area contributed by atoms with Crippen LogP contribution in [0, 0.1) is 22.7 Å². The normalized spacial score (nSPS) is 10.5. The Hall–Kier alpha value is -1.51. The molecule has 0 amide bonds. The van der Waals surface area contributed by atoms with Crippen molar-refractivity contribution in [3.63, 3.8) is 0 Å². The van der Waals surface area contributed by atoms with Crippen LogP contribution >= 0.6 is 11.6 Å². The maximum atomic E-state index is 9.37. The van der Waals surface area contributed by atoms with Gasteiger partial charge in [-0.2, -0.15) is 10.5 Å². The molecule has 1 aromatic carbocycles. The van der Waals surface area contributed by atoms with Crippen LogP contribution in [0.2, 0.25) is 5.02 Å². The predicted molar refractivity (Wildman–Crippen MR) is 73.7 cm³/mol. The smallest absolute Gasteiger partial charge is 0.0998 e. The van der Waals surface area contributed by atoms with Gasteiger partial charge in [0.25, 0.3) is 0 Å². The summed E-state index contributed by atoms with van der Waals surface area (Å²) in [6.07, 6.45) is 0.282. The molecule has 0 saturated heterocycles. The highest BCUT2D eigenvalue weighted by Crippen LogP contribution is 2.36. The minimum Gasteiger partial charge on any atom is -0.198 e. The lowest BCUT2D eigenvalue weighted by Crippen LogP contribution is -2.04. The molecule has 0 bridgehead atoms. The number of nitrogens with zero attached hydrogens (tertiary/aromatic N) is 2. The van der Waals surface area contributed by atoms with Gasteiger partial charge in [-0.25, -0.2) is 0 Å². The Kier molecular flexibility index (Phi) is 4.76. The second-order valence-electron chi connectivity index (χ2n) is 4.98. The van der Waals surface area contributed by atoms with Gasteiger partial charge in [-0.15, -0.1) is 0 Å². The third kappa shape index (κ3) is 2.66. The molecule has 0 fully saturated rings. The topological polar surface area (TPSA) is 47.6 Å². The Bertz CT molecular complexity index is 531. The first-order chi connectivity index (χ1) is 8.43. The summed E-state index contributed by atoms with van der Waals surface area (Å²) in [6.45, 7) is 8.12. The summed E-state index contributed by atoms with van der Waals surface area (Å²) >= 11 is 6.34. The van der Waals surface area contributed by atoms with Gasteiger partial charge in [0.15, 0.2) is 0 Å². The van der Waals surface area contributed by atoms with Gasteiger partial charge in [-0.1, -0.05) is 45.4 Å². The minimum absolute atomic E-state index is 0.170. The number of benzene rings is 1. The Morgan fingerprint density at radius 3 is 2.17 bits per heavy atom. The van der Waals surface area contributed by atoms with Gasteiger partial charge in [0.1, 0.15) is 0 Å². The van der Waals surface area contributed by atoms with Gasteiger partial charge in [-0.3, -0.25) is 0 Å². The van der Waals surface area contributed by atoms with Crippen LogP contribution in [0.3, 0.4) is 0 Å². The lowest BCUT2D eigenvalue weighted by Gasteiger charge is -2.19. The second-order valence-corrected chi connectivity index (χ2v) is 5.36. The summed E-state index contributed by atoms with van der Waals surface area (Å²) in [5.74, 6) is 0.412. The largest absolute Gasteiger partial charge is 0.198 e. The minimum atomic E-state index is 0.170. The number of hydrogen-bond donors (Lipinski definition) is 0. The quantitative estimate of drug-likeness (QED) is 0.802. The van der Waals surface area contributed by atoms with Crippen LogP contribution in [0.15, 0.2) is 6.07 Å². The molecule has 18 heavy (non-hydrogen) atoms. The fourth-order valence-electron chi connectivity index (χ4n) is 2.10. The number of hydrogen-bond acceptors (Lipinski definition) is 2. The van der Waals surface area contributed by atoms with E-state index in [0.29, 0.717) is 10.6 Å². The van der Waals surface area contributed by atoms with Gasteiger partial charge in [0.2, 0.25) is 0 Å². The molecule has 0 heterocycles.